The maximum Gasteiger partial charge on any atom is 0.242 e. The van der Waals surface area contributed by atoms with E-state index in [4.69, 9.17) is 23.2 Å². The summed E-state index contributed by atoms with van der Waals surface area (Å²) in [5.74, 6) is -0.434. The minimum Gasteiger partial charge on any atom is -0.325 e. The Hall–Kier alpha value is -1.61. The predicted molar refractivity (Wildman–Crippen MR) is 108 cm³/mol. The van der Waals surface area contributed by atoms with Crippen molar-refractivity contribution in [1.82, 2.24) is 9.88 Å². The highest BCUT2D eigenvalue weighted by Gasteiger charge is 2.38. The van der Waals surface area contributed by atoms with Gasteiger partial charge in [0.15, 0.2) is 5.17 Å². The van der Waals surface area contributed by atoms with Gasteiger partial charge in [-0.05, 0) is 25.1 Å². The monoisotopic (exact) mass is 428 g/mol. The zero-order chi connectivity index (χ0) is 18.7. The van der Waals surface area contributed by atoms with Gasteiger partial charge in [-0.3, -0.25) is 14.5 Å². The van der Waals surface area contributed by atoms with Crippen LogP contribution >= 0.6 is 46.3 Å². The SMILES string of the molecule is CCN1C(=O)C(CC(=O)Nc2ccc(Cl)cc2Cl)SC1=Nc1nccs1. The molecule has 1 aliphatic heterocycles. The normalized spacial score (nSPS) is 18.6. The van der Waals surface area contributed by atoms with Gasteiger partial charge in [-0.15, -0.1) is 11.3 Å². The fraction of sp³-hybridized carbons (Fsp3) is 0.250. The summed E-state index contributed by atoms with van der Waals surface area (Å²) in [6.45, 7) is 2.35. The predicted octanol–water partition coefficient (Wildman–Crippen LogP) is 4.43. The average Bonchev–Trinajstić information content (AvgIpc) is 3.19. The lowest BCUT2D eigenvalue weighted by Crippen LogP contribution is -2.33. The van der Waals surface area contributed by atoms with E-state index in [0.29, 0.717) is 32.6 Å². The Morgan fingerprint density at radius 1 is 1.42 bits per heavy atom. The van der Waals surface area contributed by atoms with Gasteiger partial charge in [0.05, 0.1) is 10.7 Å². The van der Waals surface area contributed by atoms with Crippen molar-refractivity contribution in [3.05, 3.63) is 39.8 Å². The molecule has 6 nitrogen and oxygen atoms in total. The van der Waals surface area contributed by atoms with Crippen LogP contribution in [0.3, 0.4) is 0 Å². The molecule has 2 amide bonds. The molecule has 136 valence electrons. The summed E-state index contributed by atoms with van der Waals surface area (Å²) in [5.41, 5.74) is 0.459. The van der Waals surface area contributed by atoms with Crippen molar-refractivity contribution in [3.63, 3.8) is 0 Å². The molecule has 1 atom stereocenters. The van der Waals surface area contributed by atoms with E-state index in [-0.39, 0.29) is 18.2 Å². The van der Waals surface area contributed by atoms with Gasteiger partial charge >= 0.3 is 0 Å². The molecule has 1 aromatic heterocycles. The lowest BCUT2D eigenvalue weighted by atomic mass is 10.2. The summed E-state index contributed by atoms with van der Waals surface area (Å²) in [6, 6.07) is 4.81. The number of rotatable bonds is 5. The van der Waals surface area contributed by atoms with E-state index in [0.717, 1.165) is 0 Å². The number of hydrogen-bond donors (Lipinski definition) is 1. The van der Waals surface area contributed by atoms with Gasteiger partial charge in [-0.25, -0.2) is 4.98 Å². The minimum absolute atomic E-state index is 0.0237. The van der Waals surface area contributed by atoms with Crippen LogP contribution in [0.2, 0.25) is 10.0 Å². The van der Waals surface area contributed by atoms with Crippen LogP contribution in [0.1, 0.15) is 13.3 Å². The molecule has 1 saturated heterocycles. The number of nitrogens with zero attached hydrogens (tertiary/aromatic N) is 3. The van der Waals surface area contributed by atoms with Gasteiger partial charge in [-0.2, -0.15) is 4.99 Å². The van der Waals surface area contributed by atoms with Crippen molar-refractivity contribution in [1.29, 1.82) is 0 Å². The third kappa shape index (κ3) is 4.37. The van der Waals surface area contributed by atoms with E-state index < -0.39 is 5.25 Å². The second-order valence-corrected chi connectivity index (χ2v) is 8.16. The van der Waals surface area contributed by atoms with E-state index in [2.05, 4.69) is 15.3 Å². The van der Waals surface area contributed by atoms with E-state index >= 15 is 0 Å². The van der Waals surface area contributed by atoms with Crippen LogP contribution < -0.4 is 5.32 Å². The number of carbonyl (C=O) groups is 2. The highest BCUT2D eigenvalue weighted by Crippen LogP contribution is 2.32. The molecule has 2 heterocycles. The number of amides is 2. The highest BCUT2D eigenvalue weighted by atomic mass is 35.5. The number of benzene rings is 1. The topological polar surface area (TPSA) is 74.7 Å². The zero-order valence-corrected chi connectivity index (χ0v) is 16.8. The molecule has 0 saturated carbocycles. The fourth-order valence-corrected chi connectivity index (χ4v) is 4.55. The highest BCUT2D eigenvalue weighted by molar-refractivity contribution is 8.15. The summed E-state index contributed by atoms with van der Waals surface area (Å²) >= 11 is 14.6. The van der Waals surface area contributed by atoms with Crippen LogP contribution in [0, 0.1) is 0 Å². The molecule has 10 heteroatoms. The molecule has 2 aromatic rings. The maximum atomic E-state index is 12.6. The largest absolute Gasteiger partial charge is 0.325 e. The number of carbonyl (C=O) groups excluding carboxylic acids is 2. The molecule has 3 rings (SSSR count). The summed E-state index contributed by atoms with van der Waals surface area (Å²) in [7, 11) is 0. The maximum absolute atomic E-state index is 12.6. The Bertz CT molecular complexity index is 858. The second-order valence-electron chi connectivity index (χ2n) is 5.27. The van der Waals surface area contributed by atoms with Gasteiger partial charge in [0.25, 0.3) is 0 Å². The van der Waals surface area contributed by atoms with Crippen molar-refractivity contribution in [2.45, 2.75) is 18.6 Å². The standard InChI is InChI=1S/C16H14Cl2N4O2S2/c1-2-22-14(24)12(26-16(22)21-15-19-5-6-25-15)8-13(23)20-11-4-3-9(17)7-10(11)18/h3-7,12H,2,8H2,1H3,(H,20,23). The molecule has 0 spiro atoms. The molecular weight excluding hydrogens is 415 g/mol. The Labute approximate surface area is 168 Å². The molecule has 0 radical (unpaired) electrons. The van der Waals surface area contributed by atoms with Crippen LogP contribution in [0.25, 0.3) is 0 Å². The second kappa shape index (κ2) is 8.39. The van der Waals surface area contributed by atoms with Crippen molar-refractivity contribution in [3.8, 4) is 0 Å². The number of nitrogens with one attached hydrogen (secondary N) is 1. The van der Waals surface area contributed by atoms with Crippen LogP contribution in [0.5, 0.6) is 0 Å². The smallest absolute Gasteiger partial charge is 0.242 e. The molecule has 1 unspecified atom stereocenters. The molecule has 0 aliphatic carbocycles. The minimum atomic E-state index is -0.528. The van der Waals surface area contributed by atoms with Crippen molar-refractivity contribution >= 4 is 74.1 Å². The van der Waals surface area contributed by atoms with E-state index in [9.17, 15) is 9.59 Å². The lowest BCUT2D eigenvalue weighted by Gasteiger charge is -2.13. The molecular formula is C16H14Cl2N4O2S2. The van der Waals surface area contributed by atoms with Gasteiger partial charge < -0.3 is 5.32 Å². The Kier molecular flexibility index (Phi) is 6.18. The third-order valence-corrected chi connectivity index (χ3v) is 5.91. The van der Waals surface area contributed by atoms with Crippen LogP contribution in [0.15, 0.2) is 34.8 Å². The summed E-state index contributed by atoms with van der Waals surface area (Å²) < 4.78 is 0. The van der Waals surface area contributed by atoms with Gasteiger partial charge in [-0.1, -0.05) is 35.0 Å². The van der Waals surface area contributed by atoms with E-state index in [1.165, 1.54) is 23.1 Å². The number of anilines is 1. The van der Waals surface area contributed by atoms with Crippen LogP contribution in [-0.4, -0.2) is 38.7 Å². The van der Waals surface area contributed by atoms with Crippen molar-refractivity contribution in [2.75, 3.05) is 11.9 Å². The lowest BCUT2D eigenvalue weighted by molar-refractivity contribution is -0.128. The fourth-order valence-electron chi connectivity index (χ4n) is 2.33. The quantitative estimate of drug-likeness (QED) is 0.763. The first-order chi connectivity index (χ1) is 12.5. The summed E-state index contributed by atoms with van der Waals surface area (Å²) in [6.07, 6.45) is 1.68. The zero-order valence-electron chi connectivity index (χ0n) is 13.6. The van der Waals surface area contributed by atoms with E-state index in [1.54, 1.807) is 29.3 Å². The average molecular weight is 429 g/mol. The number of aromatic nitrogens is 1. The number of thioether (sulfide) groups is 1. The van der Waals surface area contributed by atoms with Gasteiger partial charge in [0.1, 0.15) is 5.25 Å². The Balaban J connectivity index is 1.69. The Morgan fingerprint density at radius 2 is 2.23 bits per heavy atom. The summed E-state index contributed by atoms with van der Waals surface area (Å²) in [4.78, 5) is 35.0. The molecule has 26 heavy (non-hydrogen) atoms. The number of thiazole rings is 1. The first-order valence-electron chi connectivity index (χ1n) is 7.69. The Morgan fingerprint density at radius 3 is 2.88 bits per heavy atom. The van der Waals surface area contributed by atoms with Crippen LogP contribution in [0.4, 0.5) is 10.8 Å². The van der Waals surface area contributed by atoms with Gasteiger partial charge in [0.2, 0.25) is 16.9 Å². The van der Waals surface area contributed by atoms with Crippen molar-refractivity contribution < 1.29 is 9.59 Å². The van der Waals surface area contributed by atoms with E-state index in [1.807, 2.05) is 12.3 Å². The summed E-state index contributed by atoms with van der Waals surface area (Å²) in [5, 5.41) is 5.98. The molecule has 0 bridgehead atoms. The number of hydrogen-bond acceptors (Lipinski definition) is 6. The molecule has 1 aliphatic rings. The molecule has 1 aromatic carbocycles. The molecule has 1 N–H and O–H groups in total. The van der Waals surface area contributed by atoms with Crippen LogP contribution in [-0.2, 0) is 9.59 Å². The molecule has 1 fully saturated rings. The first kappa shape index (κ1) is 19.2. The number of aliphatic imine (C=N–C) groups is 1. The van der Waals surface area contributed by atoms with Crippen molar-refractivity contribution in [2.24, 2.45) is 4.99 Å². The third-order valence-electron chi connectivity index (χ3n) is 3.52. The number of halogens is 2. The first-order valence-corrected chi connectivity index (χ1v) is 10.2. The van der Waals surface area contributed by atoms with Gasteiger partial charge in [0, 0.05) is 29.6 Å². The number of amidine groups is 1.